The Labute approximate surface area is 193 Å². The molecule has 3 aromatic carbocycles. The highest BCUT2D eigenvalue weighted by molar-refractivity contribution is 6.26. The van der Waals surface area contributed by atoms with Gasteiger partial charge in [-0.25, -0.2) is 9.29 Å². The van der Waals surface area contributed by atoms with Crippen molar-refractivity contribution in [3.63, 3.8) is 0 Å². The monoisotopic (exact) mass is 456 g/mol. The topological polar surface area (TPSA) is 97.6 Å². The van der Waals surface area contributed by atoms with Gasteiger partial charge in [0.25, 0.3) is 5.69 Å². The molecule has 1 heterocycles. The van der Waals surface area contributed by atoms with Gasteiger partial charge >= 0.3 is 0 Å². The summed E-state index contributed by atoms with van der Waals surface area (Å²) in [7, 11) is 0. The predicted molar refractivity (Wildman–Crippen MR) is 119 cm³/mol. The molecule has 2 atom stereocenters. The molecule has 0 radical (unpaired) electrons. The van der Waals surface area contributed by atoms with E-state index in [1.807, 2.05) is 36.4 Å². The van der Waals surface area contributed by atoms with Crippen molar-refractivity contribution in [1.29, 1.82) is 0 Å². The minimum atomic E-state index is -1.40. The number of ketones is 1. The van der Waals surface area contributed by atoms with Crippen LogP contribution in [0.1, 0.15) is 35.1 Å². The number of carbonyl (C=O) groups excluding carboxylic acids is 3. The van der Waals surface area contributed by atoms with Gasteiger partial charge in [-0.05, 0) is 41.3 Å². The zero-order valence-corrected chi connectivity index (χ0v) is 17.9. The van der Waals surface area contributed by atoms with Crippen molar-refractivity contribution >= 4 is 29.0 Å². The van der Waals surface area contributed by atoms with Crippen LogP contribution in [0.5, 0.6) is 0 Å². The number of nitrogens with zero attached hydrogens (tertiary/aromatic N) is 2. The molecule has 4 aliphatic rings. The summed E-state index contributed by atoms with van der Waals surface area (Å²) in [6, 6.07) is 17.4. The fourth-order valence-corrected chi connectivity index (χ4v) is 6.44. The van der Waals surface area contributed by atoms with E-state index >= 15 is 0 Å². The van der Waals surface area contributed by atoms with Crippen molar-refractivity contribution in [3.8, 4) is 0 Å². The summed E-state index contributed by atoms with van der Waals surface area (Å²) in [5.41, 5.74) is 0.598. The average Bonchev–Trinajstić information content (AvgIpc) is 3.09. The number of benzene rings is 3. The number of hydrogen-bond donors (Lipinski definition) is 0. The second-order valence-electron chi connectivity index (χ2n) is 8.92. The quantitative estimate of drug-likeness (QED) is 0.339. The number of Topliss-reactive ketones (excluding diaryl/α,β-unsaturated/α-hetero) is 1. The predicted octanol–water partition coefficient (Wildman–Crippen LogP) is 3.87. The van der Waals surface area contributed by atoms with Crippen molar-refractivity contribution in [2.75, 3.05) is 4.90 Å². The third-order valence-corrected chi connectivity index (χ3v) is 7.55. The number of nitro groups is 1. The molecule has 168 valence electrons. The highest BCUT2D eigenvalue weighted by Crippen LogP contribution is 2.64. The van der Waals surface area contributed by atoms with Crippen LogP contribution in [0.2, 0.25) is 0 Å². The van der Waals surface area contributed by atoms with Gasteiger partial charge in [-0.15, -0.1) is 0 Å². The van der Waals surface area contributed by atoms with Crippen LogP contribution in [-0.4, -0.2) is 22.5 Å². The zero-order chi connectivity index (χ0) is 23.9. The van der Waals surface area contributed by atoms with E-state index < -0.39 is 51.4 Å². The molecule has 7 rings (SSSR count). The Morgan fingerprint density at radius 3 is 2.12 bits per heavy atom. The van der Waals surface area contributed by atoms with E-state index in [9.17, 15) is 28.9 Å². The second kappa shape index (κ2) is 6.66. The Bertz CT molecular complexity index is 1420. The normalized spacial score (nSPS) is 26.2. The molecule has 34 heavy (non-hydrogen) atoms. The van der Waals surface area contributed by atoms with Crippen molar-refractivity contribution < 1.29 is 23.7 Å². The third kappa shape index (κ3) is 2.22. The molecule has 3 aliphatic carbocycles. The minimum Gasteiger partial charge on any atom is -0.299 e. The van der Waals surface area contributed by atoms with Crippen molar-refractivity contribution in [2.45, 2.75) is 18.3 Å². The lowest BCUT2D eigenvalue weighted by molar-refractivity contribution is -0.384. The molecule has 3 aromatic rings. The van der Waals surface area contributed by atoms with Crippen LogP contribution in [0.4, 0.5) is 15.8 Å². The fourth-order valence-electron chi connectivity index (χ4n) is 6.44. The molecule has 1 aliphatic heterocycles. The van der Waals surface area contributed by atoms with E-state index in [0.29, 0.717) is 17.2 Å². The van der Waals surface area contributed by atoms with Gasteiger partial charge < -0.3 is 0 Å². The first kappa shape index (κ1) is 20.4. The van der Waals surface area contributed by atoms with Crippen molar-refractivity contribution in [3.05, 3.63) is 105 Å². The number of imide groups is 1. The first-order chi connectivity index (χ1) is 16.3. The van der Waals surface area contributed by atoms with E-state index in [-0.39, 0.29) is 11.5 Å². The molecule has 1 fully saturated rings. The van der Waals surface area contributed by atoms with Gasteiger partial charge in [0.15, 0.2) is 0 Å². The molecule has 1 saturated heterocycles. The molecule has 0 spiro atoms. The number of carbonyl (C=O) groups is 3. The Balaban J connectivity index is 1.66. The number of amides is 2. The van der Waals surface area contributed by atoms with Crippen molar-refractivity contribution in [2.24, 2.45) is 11.8 Å². The molecule has 2 amide bonds. The maximum absolute atomic E-state index is 14.0. The Kier molecular flexibility index (Phi) is 4.00. The van der Waals surface area contributed by atoms with E-state index in [2.05, 4.69) is 0 Å². The number of hydrogen-bond acceptors (Lipinski definition) is 5. The van der Waals surface area contributed by atoms with E-state index in [0.717, 1.165) is 28.2 Å². The molecule has 0 aromatic heterocycles. The van der Waals surface area contributed by atoms with Crippen LogP contribution in [0.3, 0.4) is 0 Å². The Morgan fingerprint density at radius 1 is 0.971 bits per heavy atom. The maximum Gasteiger partial charge on any atom is 0.296 e. The van der Waals surface area contributed by atoms with Gasteiger partial charge in [0, 0.05) is 5.92 Å². The summed E-state index contributed by atoms with van der Waals surface area (Å²) in [5.74, 6) is -4.90. The lowest BCUT2D eigenvalue weighted by atomic mass is 9.46. The number of anilines is 1. The summed E-state index contributed by atoms with van der Waals surface area (Å²) >= 11 is 0. The highest BCUT2D eigenvalue weighted by atomic mass is 19.1. The summed E-state index contributed by atoms with van der Waals surface area (Å²) in [6.45, 7) is 1.41. The van der Waals surface area contributed by atoms with Gasteiger partial charge in [0.2, 0.25) is 11.8 Å². The fraction of sp³-hybridized carbons (Fsp3) is 0.192. The largest absolute Gasteiger partial charge is 0.299 e. The van der Waals surface area contributed by atoms with Crippen LogP contribution in [0.15, 0.2) is 66.7 Å². The SMILES string of the molecule is CC(=O)C12c3ccccc3C(c3ccccc31)[C@H]1C(=O)N(c3ccc(F)cc3[N+](=O)[O-])C(=O)[C@H]12. The smallest absolute Gasteiger partial charge is 0.296 e. The van der Waals surface area contributed by atoms with Crippen LogP contribution < -0.4 is 4.90 Å². The molecule has 0 saturated carbocycles. The Hall–Kier alpha value is -4.20. The number of halogens is 1. The summed E-state index contributed by atoms with van der Waals surface area (Å²) < 4.78 is 13.8. The molecule has 0 unspecified atom stereocenters. The summed E-state index contributed by atoms with van der Waals surface area (Å²) in [4.78, 5) is 53.0. The van der Waals surface area contributed by atoms with Gasteiger partial charge in [0.1, 0.15) is 17.3 Å². The second-order valence-corrected chi connectivity index (χ2v) is 8.92. The van der Waals surface area contributed by atoms with Crippen LogP contribution >= 0.6 is 0 Å². The molecule has 7 nitrogen and oxygen atoms in total. The first-order valence-electron chi connectivity index (χ1n) is 10.8. The van der Waals surface area contributed by atoms with Crippen LogP contribution in [0.25, 0.3) is 0 Å². The zero-order valence-electron chi connectivity index (χ0n) is 17.9. The summed E-state index contributed by atoms with van der Waals surface area (Å²) in [6.07, 6.45) is 0. The first-order valence-corrected chi connectivity index (χ1v) is 10.8. The van der Waals surface area contributed by atoms with Crippen LogP contribution in [0, 0.1) is 27.8 Å². The molecular weight excluding hydrogens is 439 g/mol. The van der Waals surface area contributed by atoms with Gasteiger partial charge in [0.05, 0.1) is 28.2 Å². The molecular formula is C26H17FN2O5. The third-order valence-electron chi connectivity index (χ3n) is 7.55. The van der Waals surface area contributed by atoms with E-state index in [1.165, 1.54) is 6.92 Å². The lowest BCUT2D eigenvalue weighted by Crippen LogP contribution is -2.57. The van der Waals surface area contributed by atoms with Crippen molar-refractivity contribution in [1.82, 2.24) is 0 Å². The molecule has 0 N–H and O–H groups in total. The van der Waals surface area contributed by atoms with Gasteiger partial charge in [-0.3, -0.25) is 24.5 Å². The van der Waals surface area contributed by atoms with Gasteiger partial charge in [-0.1, -0.05) is 48.5 Å². The van der Waals surface area contributed by atoms with Crippen LogP contribution in [-0.2, 0) is 19.8 Å². The maximum atomic E-state index is 14.0. The molecule has 8 heteroatoms. The average molecular weight is 456 g/mol. The Morgan fingerprint density at radius 2 is 1.56 bits per heavy atom. The number of nitro benzene ring substituents is 1. The molecule has 2 bridgehead atoms. The summed E-state index contributed by atoms with van der Waals surface area (Å²) in [5, 5.41) is 11.7. The lowest BCUT2D eigenvalue weighted by Gasteiger charge is -2.52. The van der Waals surface area contributed by atoms with E-state index in [1.54, 1.807) is 12.1 Å². The number of rotatable bonds is 3. The minimum absolute atomic E-state index is 0.280. The van der Waals surface area contributed by atoms with E-state index in [4.69, 9.17) is 0 Å². The highest BCUT2D eigenvalue weighted by Gasteiger charge is 2.70. The standard InChI is InChI=1S/C26H17FN2O5/c1-13(30)26-17-8-4-2-6-15(17)21(16-7-3-5-9-18(16)26)22-23(26)25(32)28(24(22)31)19-11-10-14(27)12-20(19)29(33)34/h2-12,21-23H,1H3/t21?,22-,23+,26?/m1/s1. The van der Waals surface area contributed by atoms with Gasteiger partial charge in [-0.2, -0.15) is 0 Å².